The Kier molecular flexibility index (Phi) is 23.5. The third-order valence-corrected chi connectivity index (χ3v) is 10.3. The third kappa shape index (κ3) is 19.3. The van der Waals surface area contributed by atoms with E-state index >= 15 is 0 Å². The number of ether oxygens (including phenoxy) is 1. The van der Waals surface area contributed by atoms with E-state index in [9.17, 15) is 14.4 Å². The normalized spacial score (nSPS) is 13.8. The smallest absolute Gasteiger partial charge is 0.310 e. The van der Waals surface area contributed by atoms with Crippen molar-refractivity contribution in [3.05, 3.63) is 51.7 Å². The van der Waals surface area contributed by atoms with Gasteiger partial charge in [0.15, 0.2) is 0 Å². The molecule has 1 aromatic carbocycles. The predicted octanol–water partition coefficient (Wildman–Crippen LogP) is 9.33. The molecule has 7 nitrogen and oxygen atoms in total. The van der Waals surface area contributed by atoms with Crippen LogP contribution in [0.3, 0.4) is 0 Å². The number of unbranched alkanes of at least 4 members (excludes halogenated alkanes) is 11. The summed E-state index contributed by atoms with van der Waals surface area (Å²) in [6, 6.07) is 11.1. The average Bonchev–Trinajstić information content (AvgIpc) is 3.62. The van der Waals surface area contributed by atoms with Crippen LogP contribution in [0.25, 0.3) is 0 Å². The molecular weight excluding hydrogens is 631 g/mol. The number of hydrogen-bond acceptors (Lipinski definition) is 6. The zero-order valence-corrected chi connectivity index (χ0v) is 31.9. The molecule has 0 spiro atoms. The van der Waals surface area contributed by atoms with E-state index in [4.69, 9.17) is 10.5 Å². The number of nitrogens with one attached hydrogen (secondary N) is 1. The maximum absolute atomic E-state index is 11.7. The molecule has 2 amide bonds. The highest BCUT2D eigenvalue weighted by atomic mass is 32.1. The summed E-state index contributed by atoms with van der Waals surface area (Å²) in [6.45, 7) is 9.34. The van der Waals surface area contributed by atoms with Gasteiger partial charge in [-0.05, 0) is 86.6 Å². The summed E-state index contributed by atoms with van der Waals surface area (Å²) in [5.74, 6) is 0.663. The van der Waals surface area contributed by atoms with Gasteiger partial charge in [-0.2, -0.15) is 0 Å². The number of amides is 2. The molecule has 1 aromatic heterocycles. The van der Waals surface area contributed by atoms with Crippen LogP contribution in [0, 0.1) is 0 Å². The van der Waals surface area contributed by atoms with Gasteiger partial charge in [-0.1, -0.05) is 103 Å². The van der Waals surface area contributed by atoms with Gasteiger partial charge in [-0.25, -0.2) is 0 Å². The number of carbonyl (C=O) groups is 3. The van der Waals surface area contributed by atoms with Gasteiger partial charge < -0.3 is 15.8 Å². The average molecular weight is 698 g/mol. The van der Waals surface area contributed by atoms with E-state index in [0.717, 1.165) is 83.2 Å². The Bertz CT molecular complexity index is 1170. The van der Waals surface area contributed by atoms with E-state index in [1.54, 1.807) is 0 Å². The Morgan fingerprint density at radius 3 is 2.10 bits per heavy atom. The van der Waals surface area contributed by atoms with E-state index < -0.39 is 0 Å². The van der Waals surface area contributed by atoms with Crippen LogP contribution in [0.15, 0.2) is 35.7 Å². The summed E-state index contributed by atoms with van der Waals surface area (Å²) in [6.07, 6.45) is 22.6. The van der Waals surface area contributed by atoms with Crippen LogP contribution in [0.2, 0.25) is 0 Å². The minimum absolute atomic E-state index is 0.149. The van der Waals surface area contributed by atoms with E-state index in [2.05, 4.69) is 47.6 Å². The van der Waals surface area contributed by atoms with Gasteiger partial charge in [0.05, 0.1) is 0 Å². The highest BCUT2D eigenvalue weighted by Gasteiger charge is 2.26. The van der Waals surface area contributed by atoms with Crippen LogP contribution in [0.1, 0.15) is 152 Å². The Morgan fingerprint density at radius 2 is 1.51 bits per heavy atom. The molecule has 0 aliphatic heterocycles. The summed E-state index contributed by atoms with van der Waals surface area (Å²) >= 11 is 1.85. The number of thiophene rings is 1. The molecule has 0 saturated heterocycles. The molecule has 2 aromatic rings. The van der Waals surface area contributed by atoms with Gasteiger partial charge in [-0.3, -0.25) is 19.3 Å². The first-order valence-electron chi connectivity index (χ1n) is 19.5. The number of rotatable bonds is 25. The van der Waals surface area contributed by atoms with E-state index in [-0.39, 0.29) is 17.8 Å². The number of primary amides is 1. The van der Waals surface area contributed by atoms with Gasteiger partial charge in [-0.15, -0.1) is 11.3 Å². The lowest BCUT2D eigenvalue weighted by Gasteiger charge is -2.35. The number of fused-ring (bicyclic) bond motifs is 1. The standard InChI is InChI=1S/C22H29NO2S.C19H38N2O2/c1-3-13-23(14-12-19-8-6-15-26-19)18-10-11-20-17(16-18)7-5-9-21(20)25-22(24)4-2;1-2-3-17-21-19(23)16-14-12-10-8-6-4-5-7-9-11-13-15-18(20)22/h5-9,15,18H,3-4,10-14,16H2,1-2H3;2-17H2,1H3,(H2,20,22)(H,21,23)/t18-;/m1./s1. The highest BCUT2D eigenvalue weighted by Crippen LogP contribution is 2.32. The number of carbonyl (C=O) groups excluding carboxylic acids is 3. The highest BCUT2D eigenvalue weighted by molar-refractivity contribution is 7.09. The molecule has 0 bridgehead atoms. The fourth-order valence-corrected chi connectivity index (χ4v) is 7.19. The molecule has 3 N–H and O–H groups in total. The lowest BCUT2D eigenvalue weighted by atomic mass is 9.86. The Labute approximate surface area is 302 Å². The molecule has 0 fully saturated rings. The maximum Gasteiger partial charge on any atom is 0.310 e. The minimum Gasteiger partial charge on any atom is -0.426 e. The molecule has 0 radical (unpaired) electrons. The van der Waals surface area contributed by atoms with Crippen molar-refractivity contribution in [2.45, 2.75) is 162 Å². The molecule has 3 rings (SSSR count). The van der Waals surface area contributed by atoms with Gasteiger partial charge in [0.1, 0.15) is 5.75 Å². The summed E-state index contributed by atoms with van der Waals surface area (Å²) < 4.78 is 5.55. The summed E-state index contributed by atoms with van der Waals surface area (Å²) in [4.78, 5) is 37.9. The fraction of sp³-hybridized carbons (Fsp3) is 0.683. The van der Waals surface area contributed by atoms with Crippen LogP contribution < -0.4 is 15.8 Å². The molecule has 1 aliphatic rings. The Hall–Kier alpha value is -2.71. The Morgan fingerprint density at radius 1 is 0.837 bits per heavy atom. The minimum atomic E-state index is -0.177. The van der Waals surface area contributed by atoms with Gasteiger partial charge in [0, 0.05) is 43.3 Å². The van der Waals surface area contributed by atoms with Crippen LogP contribution in [-0.4, -0.2) is 48.4 Å². The zero-order chi connectivity index (χ0) is 35.5. The largest absolute Gasteiger partial charge is 0.426 e. The van der Waals surface area contributed by atoms with Crippen molar-refractivity contribution in [2.75, 3.05) is 19.6 Å². The predicted molar refractivity (Wildman–Crippen MR) is 205 cm³/mol. The summed E-state index contributed by atoms with van der Waals surface area (Å²) in [5.41, 5.74) is 7.69. The number of nitrogens with two attached hydrogens (primary N) is 1. The van der Waals surface area contributed by atoms with Crippen molar-refractivity contribution in [1.29, 1.82) is 0 Å². The number of esters is 1. The molecule has 1 atom stereocenters. The lowest BCUT2D eigenvalue weighted by Crippen LogP contribution is -2.41. The van der Waals surface area contributed by atoms with Crippen molar-refractivity contribution in [3.63, 3.8) is 0 Å². The maximum atomic E-state index is 11.7. The summed E-state index contributed by atoms with van der Waals surface area (Å²) in [5, 5.41) is 5.13. The summed E-state index contributed by atoms with van der Waals surface area (Å²) in [7, 11) is 0. The van der Waals surface area contributed by atoms with Gasteiger partial charge >= 0.3 is 5.97 Å². The van der Waals surface area contributed by atoms with Crippen molar-refractivity contribution >= 4 is 29.1 Å². The molecule has 1 heterocycles. The third-order valence-electron chi connectivity index (χ3n) is 9.36. The quantitative estimate of drug-likeness (QED) is 0.0612. The molecule has 8 heteroatoms. The van der Waals surface area contributed by atoms with Crippen molar-refractivity contribution in [2.24, 2.45) is 5.73 Å². The zero-order valence-electron chi connectivity index (χ0n) is 31.1. The topological polar surface area (TPSA) is 102 Å². The van der Waals surface area contributed by atoms with Gasteiger partial charge in [0.25, 0.3) is 0 Å². The molecular formula is C41H67N3O4S. The fourth-order valence-electron chi connectivity index (χ4n) is 6.50. The van der Waals surface area contributed by atoms with Crippen LogP contribution in [0.4, 0.5) is 0 Å². The molecule has 1 aliphatic carbocycles. The van der Waals surface area contributed by atoms with E-state index in [1.807, 2.05) is 30.4 Å². The van der Waals surface area contributed by atoms with Crippen LogP contribution in [0.5, 0.6) is 5.75 Å². The second-order valence-corrected chi connectivity index (χ2v) is 14.6. The molecule has 276 valence electrons. The second-order valence-electron chi connectivity index (χ2n) is 13.5. The van der Waals surface area contributed by atoms with Crippen molar-refractivity contribution < 1.29 is 19.1 Å². The first-order chi connectivity index (χ1) is 23.9. The first-order valence-corrected chi connectivity index (χ1v) is 20.4. The SMILES string of the molecule is CCCCNC(=O)CCCCCCCCCCCCCC(N)=O.CCCN(CCc1cccs1)[C@@H]1CCc2c(cccc2OC(=O)CC)C1. The number of hydrogen-bond donors (Lipinski definition) is 2. The molecule has 49 heavy (non-hydrogen) atoms. The van der Waals surface area contributed by atoms with E-state index in [1.165, 1.54) is 73.8 Å². The van der Waals surface area contributed by atoms with Gasteiger partial charge in [0.2, 0.25) is 11.8 Å². The molecule has 0 saturated carbocycles. The van der Waals surface area contributed by atoms with Crippen LogP contribution >= 0.6 is 11.3 Å². The number of benzene rings is 1. The van der Waals surface area contributed by atoms with Crippen LogP contribution in [-0.2, 0) is 33.6 Å². The van der Waals surface area contributed by atoms with Crippen molar-refractivity contribution in [3.8, 4) is 5.75 Å². The van der Waals surface area contributed by atoms with E-state index in [0.29, 0.717) is 25.3 Å². The Balaban J connectivity index is 0.000000344. The molecule has 0 unspecified atom stereocenters. The second kappa shape index (κ2) is 27.1. The number of nitrogens with zero attached hydrogens (tertiary/aromatic N) is 1. The lowest BCUT2D eigenvalue weighted by molar-refractivity contribution is -0.134. The van der Waals surface area contributed by atoms with Crippen molar-refractivity contribution in [1.82, 2.24) is 10.2 Å². The monoisotopic (exact) mass is 697 g/mol. The first kappa shape index (κ1) is 42.5.